The Bertz CT molecular complexity index is 1480. The van der Waals surface area contributed by atoms with Gasteiger partial charge in [0.05, 0.1) is 11.0 Å². The quantitative estimate of drug-likeness (QED) is 0.305. The largest absolute Gasteiger partial charge is 0.438 e. The van der Waals surface area contributed by atoms with Crippen molar-refractivity contribution in [3.8, 4) is 5.88 Å². The first-order chi connectivity index (χ1) is 20.5. The number of hydrogen-bond acceptors (Lipinski definition) is 8. The van der Waals surface area contributed by atoms with E-state index in [1.807, 2.05) is 42.5 Å². The number of nitrogens with zero attached hydrogens (tertiary/aromatic N) is 2. The van der Waals surface area contributed by atoms with Gasteiger partial charge in [-0.25, -0.2) is 4.98 Å². The number of fused-ring (bicyclic) bond motifs is 2. The Labute approximate surface area is 257 Å². The lowest BCUT2D eigenvalue weighted by atomic mass is 9.84. The average Bonchev–Trinajstić information content (AvgIpc) is 3.14. The molecule has 43 heavy (non-hydrogen) atoms. The van der Waals surface area contributed by atoms with Crippen molar-refractivity contribution in [2.75, 3.05) is 26.4 Å². The molecule has 0 saturated carbocycles. The number of aromatic nitrogens is 1. The number of likely N-dealkylation sites (tertiary alicyclic amines) is 1. The SMILES string of the molecule is CC(C)(C)C(=O)OCOC(=O)C1C=CC=C2Oc3ncccc3C(=CCCN3CCC(O)(c4ccc(Cl)cc4)CC3)C=C21. The molecule has 1 fully saturated rings. The van der Waals surface area contributed by atoms with Crippen LogP contribution in [0.1, 0.15) is 51.2 Å². The fourth-order valence-corrected chi connectivity index (χ4v) is 5.45. The molecule has 1 aromatic heterocycles. The highest BCUT2D eigenvalue weighted by Crippen LogP contribution is 2.38. The zero-order chi connectivity index (χ0) is 30.6. The molecule has 1 unspecified atom stereocenters. The van der Waals surface area contributed by atoms with E-state index in [4.69, 9.17) is 25.8 Å². The molecule has 5 rings (SSSR count). The van der Waals surface area contributed by atoms with Crippen LogP contribution in [0.5, 0.6) is 5.88 Å². The molecule has 1 N–H and O–H groups in total. The lowest BCUT2D eigenvalue weighted by Gasteiger charge is -2.38. The minimum absolute atomic E-state index is 0.452. The number of pyridine rings is 1. The van der Waals surface area contributed by atoms with Gasteiger partial charge in [-0.2, -0.15) is 0 Å². The van der Waals surface area contributed by atoms with Gasteiger partial charge in [-0.3, -0.25) is 9.59 Å². The van der Waals surface area contributed by atoms with Gasteiger partial charge in [0.25, 0.3) is 0 Å². The van der Waals surface area contributed by atoms with Crippen molar-refractivity contribution >= 4 is 29.1 Å². The molecule has 2 aromatic rings. The first kappa shape index (κ1) is 30.7. The van der Waals surface area contributed by atoms with Crippen molar-refractivity contribution in [2.45, 2.75) is 45.6 Å². The van der Waals surface area contributed by atoms with Crippen molar-refractivity contribution < 1.29 is 28.9 Å². The average molecular weight is 605 g/mol. The van der Waals surface area contributed by atoms with Crippen LogP contribution in [-0.4, -0.2) is 53.4 Å². The Kier molecular flexibility index (Phi) is 9.20. The highest BCUT2D eigenvalue weighted by molar-refractivity contribution is 6.30. The van der Waals surface area contributed by atoms with Gasteiger partial charge in [0.15, 0.2) is 0 Å². The number of rotatable bonds is 7. The number of benzene rings is 1. The van der Waals surface area contributed by atoms with Crippen molar-refractivity contribution in [1.29, 1.82) is 0 Å². The van der Waals surface area contributed by atoms with E-state index in [1.54, 1.807) is 45.2 Å². The maximum Gasteiger partial charge on any atom is 0.320 e. The summed E-state index contributed by atoms with van der Waals surface area (Å²) in [7, 11) is 0. The number of carbonyl (C=O) groups is 2. The summed E-state index contributed by atoms with van der Waals surface area (Å²) in [6.45, 7) is 7.10. The topological polar surface area (TPSA) is 98.2 Å². The van der Waals surface area contributed by atoms with Gasteiger partial charge in [-0.15, -0.1) is 0 Å². The standard InChI is InChI=1S/C34H37ClN2O6/c1-33(2,3)32(39)42-22-41-31(38)27-8-4-10-29-28(27)21-23(26-9-5-17-36-30(26)43-29)7-6-18-37-19-15-34(40,16-20-37)24-11-13-25(35)14-12-24/h4-5,7-14,17,21,27,40H,6,15-16,18-20,22H2,1-3H3. The number of hydrogen-bond donors (Lipinski definition) is 1. The minimum atomic E-state index is -0.848. The van der Waals surface area contributed by atoms with Crippen molar-refractivity contribution in [1.82, 2.24) is 9.88 Å². The normalized spacial score (nSPS) is 20.6. The van der Waals surface area contributed by atoms with Crippen LogP contribution < -0.4 is 4.74 Å². The zero-order valence-corrected chi connectivity index (χ0v) is 25.5. The second-order valence-electron chi connectivity index (χ2n) is 12.0. The van der Waals surface area contributed by atoms with Crippen LogP contribution in [0, 0.1) is 11.3 Å². The summed E-state index contributed by atoms with van der Waals surface area (Å²) >= 11 is 6.03. The van der Waals surface area contributed by atoms with Crippen molar-refractivity contribution in [3.05, 3.63) is 100 Å². The molecule has 1 aliphatic carbocycles. The van der Waals surface area contributed by atoms with Gasteiger partial charge in [0.1, 0.15) is 11.7 Å². The molecular formula is C34H37ClN2O6. The molecule has 0 spiro atoms. The fraction of sp³-hybridized carbons (Fsp3) is 0.382. The second kappa shape index (κ2) is 12.9. The van der Waals surface area contributed by atoms with Crippen LogP contribution in [-0.2, 0) is 24.7 Å². The molecule has 0 radical (unpaired) electrons. The number of esters is 2. The molecule has 8 nitrogen and oxygen atoms in total. The first-order valence-electron chi connectivity index (χ1n) is 14.5. The van der Waals surface area contributed by atoms with Crippen LogP contribution in [0.4, 0.5) is 0 Å². The van der Waals surface area contributed by atoms with E-state index >= 15 is 0 Å². The predicted octanol–water partition coefficient (Wildman–Crippen LogP) is 5.97. The predicted molar refractivity (Wildman–Crippen MR) is 164 cm³/mol. The summed E-state index contributed by atoms with van der Waals surface area (Å²) in [5.41, 5.74) is 1.72. The van der Waals surface area contributed by atoms with E-state index in [9.17, 15) is 14.7 Å². The molecule has 9 heteroatoms. The molecule has 2 aliphatic heterocycles. The van der Waals surface area contributed by atoms with Gasteiger partial charge in [-0.1, -0.05) is 42.0 Å². The van der Waals surface area contributed by atoms with E-state index in [0.29, 0.717) is 35.1 Å². The summed E-state index contributed by atoms with van der Waals surface area (Å²) in [5, 5.41) is 11.9. The monoisotopic (exact) mass is 604 g/mol. The number of allylic oxidation sites excluding steroid dienone is 5. The fourth-order valence-electron chi connectivity index (χ4n) is 5.32. The van der Waals surface area contributed by atoms with Crippen molar-refractivity contribution in [2.24, 2.45) is 11.3 Å². The van der Waals surface area contributed by atoms with Crippen LogP contribution >= 0.6 is 11.6 Å². The summed E-state index contributed by atoms with van der Waals surface area (Å²) < 4.78 is 16.7. The van der Waals surface area contributed by atoms with Gasteiger partial charge in [0, 0.05) is 42.0 Å². The Hall–Kier alpha value is -3.72. The molecule has 1 atom stereocenters. The van der Waals surface area contributed by atoms with Crippen LogP contribution in [0.2, 0.25) is 5.02 Å². The number of halogens is 1. The van der Waals surface area contributed by atoms with Gasteiger partial charge in [0.2, 0.25) is 12.7 Å². The van der Waals surface area contributed by atoms with E-state index < -0.39 is 35.7 Å². The number of piperidine rings is 1. The minimum Gasteiger partial charge on any atom is -0.438 e. The van der Waals surface area contributed by atoms with E-state index in [-0.39, 0.29) is 0 Å². The third-order valence-corrected chi connectivity index (χ3v) is 8.15. The van der Waals surface area contributed by atoms with E-state index in [1.165, 1.54) is 0 Å². The second-order valence-corrected chi connectivity index (χ2v) is 12.5. The third kappa shape index (κ3) is 7.26. The molecule has 3 aliphatic rings. The summed E-state index contributed by atoms with van der Waals surface area (Å²) in [6.07, 6.45) is 13.1. The molecule has 1 aromatic carbocycles. The maximum absolute atomic E-state index is 13.1. The van der Waals surface area contributed by atoms with Crippen LogP contribution in [0.25, 0.3) is 5.57 Å². The Morgan fingerprint density at radius 1 is 1.16 bits per heavy atom. The summed E-state index contributed by atoms with van der Waals surface area (Å²) in [5.74, 6) is -0.764. The number of carbonyl (C=O) groups excluding carboxylic acids is 2. The molecule has 226 valence electrons. The van der Waals surface area contributed by atoms with Crippen LogP contribution in [0.15, 0.2) is 84.3 Å². The van der Waals surface area contributed by atoms with Crippen LogP contribution in [0.3, 0.4) is 0 Å². The molecule has 0 bridgehead atoms. The van der Waals surface area contributed by atoms with Gasteiger partial charge in [-0.05, 0) is 87.6 Å². The third-order valence-electron chi connectivity index (χ3n) is 7.90. The smallest absolute Gasteiger partial charge is 0.320 e. The molecule has 3 heterocycles. The van der Waals surface area contributed by atoms with Crippen molar-refractivity contribution in [3.63, 3.8) is 0 Å². The lowest BCUT2D eigenvalue weighted by Crippen LogP contribution is -2.42. The zero-order valence-electron chi connectivity index (χ0n) is 24.7. The Morgan fingerprint density at radius 3 is 2.63 bits per heavy atom. The maximum atomic E-state index is 13.1. The Morgan fingerprint density at radius 2 is 1.91 bits per heavy atom. The van der Waals surface area contributed by atoms with E-state index in [2.05, 4.69) is 16.0 Å². The van der Waals surface area contributed by atoms with Gasteiger partial charge >= 0.3 is 11.9 Å². The van der Waals surface area contributed by atoms with Gasteiger partial charge < -0.3 is 24.2 Å². The van der Waals surface area contributed by atoms with E-state index in [0.717, 1.165) is 42.8 Å². The number of aliphatic hydroxyl groups is 1. The molecule has 0 amide bonds. The lowest BCUT2D eigenvalue weighted by molar-refractivity contribution is -0.174. The molecular weight excluding hydrogens is 568 g/mol. The number of ether oxygens (including phenoxy) is 3. The summed E-state index contributed by atoms with van der Waals surface area (Å²) in [6, 6.07) is 11.2. The molecule has 1 saturated heterocycles. The Balaban J connectivity index is 1.28. The summed E-state index contributed by atoms with van der Waals surface area (Å²) in [4.78, 5) is 32.0. The first-order valence-corrected chi connectivity index (χ1v) is 14.9. The highest BCUT2D eigenvalue weighted by atomic mass is 35.5. The highest BCUT2D eigenvalue weighted by Gasteiger charge is 2.34.